The van der Waals surface area contributed by atoms with E-state index in [1.807, 2.05) is 0 Å². The first kappa shape index (κ1) is 23.6. The summed E-state index contributed by atoms with van der Waals surface area (Å²) in [5, 5.41) is 8.59. The summed E-state index contributed by atoms with van der Waals surface area (Å²) in [5.74, 6) is -0.173. The van der Waals surface area contributed by atoms with E-state index in [0.29, 0.717) is 32.7 Å². The number of amides is 2. The molecule has 0 aliphatic heterocycles. The van der Waals surface area contributed by atoms with E-state index in [9.17, 15) is 9.59 Å². The number of nitrogens with two attached hydrogens (primary N) is 1. The number of unbranched alkanes of at least 4 members (excludes halogenated alkanes) is 1. The molecule has 1 unspecified atom stereocenters. The molecule has 0 saturated carbocycles. The normalized spacial score (nSPS) is 12.5. The minimum atomic E-state index is -0.514. The van der Waals surface area contributed by atoms with Gasteiger partial charge in [-0.05, 0) is 46.7 Å². The smallest absolute Gasteiger partial charge is 0.407 e. The number of alkyl carbamates (subject to hydrolysis) is 1. The summed E-state index contributed by atoms with van der Waals surface area (Å²) in [6.07, 6.45) is 2.41. The highest BCUT2D eigenvalue weighted by Crippen LogP contribution is 2.05. The van der Waals surface area contributed by atoms with Gasteiger partial charge in [-0.25, -0.2) is 4.79 Å². The Morgan fingerprint density at radius 2 is 1.68 bits per heavy atom. The number of carbonyl (C=O) groups is 2. The van der Waals surface area contributed by atoms with Gasteiger partial charge < -0.3 is 31.2 Å². The highest BCUT2D eigenvalue weighted by Gasteiger charge is 2.15. The Hall–Kier alpha value is -1.38. The topological polar surface area (TPSA) is 115 Å². The number of nitrogens with one attached hydrogen (secondary N) is 3. The third-order valence-electron chi connectivity index (χ3n) is 3.14. The summed E-state index contributed by atoms with van der Waals surface area (Å²) in [7, 11) is 0. The van der Waals surface area contributed by atoms with Gasteiger partial charge in [0.15, 0.2) is 0 Å². The molecule has 1 atom stereocenters. The molecule has 0 saturated heterocycles. The molecule has 0 radical (unpaired) electrons. The molecule has 5 N–H and O–H groups in total. The van der Waals surface area contributed by atoms with Crippen molar-refractivity contribution in [3.05, 3.63) is 0 Å². The number of ether oxygens (including phenoxy) is 2. The molecule has 0 aromatic carbocycles. The molecule has 0 bridgehead atoms. The van der Waals surface area contributed by atoms with Gasteiger partial charge in [-0.3, -0.25) is 4.79 Å². The molecular formula is C17H36N4O4. The fourth-order valence-electron chi connectivity index (χ4n) is 1.83. The van der Waals surface area contributed by atoms with Gasteiger partial charge in [0.25, 0.3) is 0 Å². The molecule has 0 aliphatic carbocycles. The van der Waals surface area contributed by atoms with Crippen molar-refractivity contribution in [1.29, 1.82) is 0 Å². The van der Waals surface area contributed by atoms with Crippen molar-refractivity contribution >= 4 is 12.0 Å². The van der Waals surface area contributed by atoms with Crippen molar-refractivity contribution in [3.63, 3.8) is 0 Å². The van der Waals surface area contributed by atoms with E-state index >= 15 is 0 Å². The Balaban J connectivity index is 3.52. The van der Waals surface area contributed by atoms with Gasteiger partial charge in [-0.15, -0.1) is 0 Å². The van der Waals surface area contributed by atoms with Gasteiger partial charge in [0.05, 0.1) is 19.3 Å². The third-order valence-corrected chi connectivity index (χ3v) is 3.14. The van der Waals surface area contributed by atoms with Crippen molar-refractivity contribution < 1.29 is 19.1 Å². The SMILES string of the molecule is CCCCNCCC(N)C(=O)NCCOCCNC(=O)OC(C)(C)C. The predicted molar refractivity (Wildman–Crippen MR) is 98.4 cm³/mol. The molecule has 0 heterocycles. The van der Waals surface area contributed by atoms with Crippen LogP contribution in [0.25, 0.3) is 0 Å². The van der Waals surface area contributed by atoms with Crippen LogP contribution in [0.2, 0.25) is 0 Å². The monoisotopic (exact) mass is 360 g/mol. The molecule has 0 aromatic heterocycles. The average Bonchev–Trinajstić information content (AvgIpc) is 2.51. The van der Waals surface area contributed by atoms with Crippen LogP contribution in [-0.2, 0) is 14.3 Å². The van der Waals surface area contributed by atoms with Gasteiger partial charge in [0.1, 0.15) is 5.60 Å². The van der Waals surface area contributed by atoms with Gasteiger partial charge >= 0.3 is 6.09 Å². The minimum absolute atomic E-state index is 0.173. The van der Waals surface area contributed by atoms with Crippen LogP contribution < -0.4 is 21.7 Å². The van der Waals surface area contributed by atoms with Crippen LogP contribution in [0.5, 0.6) is 0 Å². The van der Waals surface area contributed by atoms with Crippen LogP contribution in [0.3, 0.4) is 0 Å². The Morgan fingerprint density at radius 3 is 2.28 bits per heavy atom. The van der Waals surface area contributed by atoms with Gasteiger partial charge in [0.2, 0.25) is 5.91 Å². The highest BCUT2D eigenvalue weighted by atomic mass is 16.6. The molecular weight excluding hydrogens is 324 g/mol. The van der Waals surface area contributed by atoms with Gasteiger partial charge in [-0.2, -0.15) is 0 Å². The first-order valence-electron chi connectivity index (χ1n) is 9.05. The first-order valence-corrected chi connectivity index (χ1v) is 9.05. The van der Waals surface area contributed by atoms with Crippen LogP contribution in [0.15, 0.2) is 0 Å². The van der Waals surface area contributed by atoms with Crippen molar-refractivity contribution in [1.82, 2.24) is 16.0 Å². The Morgan fingerprint density at radius 1 is 1.04 bits per heavy atom. The maximum Gasteiger partial charge on any atom is 0.407 e. The molecule has 0 fully saturated rings. The van der Waals surface area contributed by atoms with E-state index in [1.165, 1.54) is 0 Å². The molecule has 8 nitrogen and oxygen atoms in total. The summed E-state index contributed by atoms with van der Waals surface area (Å²) in [6.45, 7) is 10.7. The van der Waals surface area contributed by atoms with Crippen LogP contribution in [0.1, 0.15) is 47.0 Å². The van der Waals surface area contributed by atoms with Crippen molar-refractivity contribution in [2.24, 2.45) is 5.73 Å². The van der Waals surface area contributed by atoms with Crippen LogP contribution >= 0.6 is 0 Å². The molecule has 148 valence electrons. The van der Waals surface area contributed by atoms with Crippen molar-refractivity contribution in [2.45, 2.75) is 58.6 Å². The van der Waals surface area contributed by atoms with Crippen LogP contribution in [-0.4, -0.2) is 63.0 Å². The van der Waals surface area contributed by atoms with Crippen LogP contribution in [0, 0.1) is 0 Å². The number of carbonyl (C=O) groups excluding carboxylic acids is 2. The Bertz CT molecular complexity index is 372. The molecule has 0 rings (SSSR count). The maximum atomic E-state index is 11.8. The second-order valence-corrected chi connectivity index (χ2v) is 6.83. The number of rotatable bonds is 13. The summed E-state index contributed by atoms with van der Waals surface area (Å²) in [4.78, 5) is 23.2. The summed E-state index contributed by atoms with van der Waals surface area (Å²) < 4.78 is 10.4. The Kier molecular flexibility index (Phi) is 13.1. The van der Waals surface area contributed by atoms with Crippen LogP contribution in [0.4, 0.5) is 4.79 Å². The van der Waals surface area contributed by atoms with E-state index in [2.05, 4.69) is 22.9 Å². The van der Waals surface area contributed by atoms with E-state index < -0.39 is 17.7 Å². The molecule has 0 spiro atoms. The number of hydrogen-bond donors (Lipinski definition) is 4. The lowest BCUT2D eigenvalue weighted by Crippen LogP contribution is -2.43. The van der Waals surface area contributed by atoms with E-state index in [0.717, 1.165) is 25.9 Å². The molecule has 25 heavy (non-hydrogen) atoms. The first-order chi connectivity index (χ1) is 11.8. The maximum absolute atomic E-state index is 11.8. The predicted octanol–water partition coefficient (Wildman–Crippen LogP) is 0.751. The van der Waals surface area contributed by atoms with Crippen molar-refractivity contribution in [3.8, 4) is 0 Å². The lowest BCUT2D eigenvalue weighted by atomic mass is 10.2. The zero-order valence-electron chi connectivity index (χ0n) is 16.2. The second-order valence-electron chi connectivity index (χ2n) is 6.83. The van der Waals surface area contributed by atoms with Gasteiger partial charge in [-0.1, -0.05) is 13.3 Å². The minimum Gasteiger partial charge on any atom is -0.444 e. The number of hydrogen-bond acceptors (Lipinski definition) is 6. The quantitative estimate of drug-likeness (QED) is 0.360. The fraction of sp³-hybridized carbons (Fsp3) is 0.882. The highest BCUT2D eigenvalue weighted by molar-refractivity contribution is 5.81. The third kappa shape index (κ3) is 15.9. The zero-order valence-corrected chi connectivity index (χ0v) is 16.2. The lowest BCUT2D eigenvalue weighted by Gasteiger charge is -2.19. The summed E-state index contributed by atoms with van der Waals surface area (Å²) >= 11 is 0. The molecule has 0 aliphatic rings. The summed E-state index contributed by atoms with van der Waals surface area (Å²) in [5.41, 5.74) is 5.31. The second kappa shape index (κ2) is 13.9. The van der Waals surface area contributed by atoms with E-state index in [1.54, 1.807) is 20.8 Å². The lowest BCUT2D eigenvalue weighted by molar-refractivity contribution is -0.122. The molecule has 0 aromatic rings. The van der Waals surface area contributed by atoms with E-state index in [-0.39, 0.29) is 5.91 Å². The van der Waals surface area contributed by atoms with Crippen molar-refractivity contribution in [2.75, 3.05) is 39.4 Å². The molecule has 2 amide bonds. The average molecular weight is 360 g/mol. The molecule has 8 heteroatoms. The Labute approximate surface area is 151 Å². The fourth-order valence-corrected chi connectivity index (χ4v) is 1.83. The largest absolute Gasteiger partial charge is 0.444 e. The van der Waals surface area contributed by atoms with E-state index in [4.69, 9.17) is 15.2 Å². The summed E-state index contributed by atoms with van der Waals surface area (Å²) in [6, 6.07) is -0.511. The standard InChI is InChI=1S/C17H36N4O4/c1-5-6-8-19-9-7-14(18)15(22)20-10-12-24-13-11-21-16(23)25-17(2,3)4/h14,19H,5-13,18H2,1-4H3,(H,20,22)(H,21,23). The zero-order chi connectivity index (χ0) is 19.1. The van der Waals surface area contributed by atoms with Gasteiger partial charge in [0, 0.05) is 13.1 Å².